The third-order valence-corrected chi connectivity index (χ3v) is 5.31. The van der Waals surface area contributed by atoms with E-state index >= 15 is 0 Å². The van der Waals surface area contributed by atoms with Crippen LogP contribution in [-0.4, -0.2) is 40.5 Å². The predicted octanol–water partition coefficient (Wildman–Crippen LogP) is 4.32. The van der Waals surface area contributed by atoms with Crippen molar-refractivity contribution in [3.8, 4) is 0 Å². The maximum atomic E-state index is 12.6. The molecule has 1 atom stereocenters. The number of carbonyl (C=O) groups excluding carboxylic acids is 2. The Bertz CT molecular complexity index is 749. The summed E-state index contributed by atoms with van der Waals surface area (Å²) in [7, 11) is 0. The van der Waals surface area contributed by atoms with Crippen molar-refractivity contribution in [1.82, 2.24) is 9.88 Å². The van der Waals surface area contributed by atoms with Crippen molar-refractivity contribution in [2.24, 2.45) is 5.92 Å². The van der Waals surface area contributed by atoms with Crippen LogP contribution in [0.3, 0.4) is 0 Å². The second-order valence-corrected chi connectivity index (χ2v) is 7.59. The SMILES string of the molecule is CCSc1ccc(NC(=O)N2CCCC(C(=O)c3ccccn3)C2)cc1. The molecule has 0 aliphatic carbocycles. The van der Waals surface area contributed by atoms with Crippen LogP contribution in [0.15, 0.2) is 53.6 Å². The lowest BCUT2D eigenvalue weighted by atomic mass is 9.92. The van der Waals surface area contributed by atoms with Crippen molar-refractivity contribution < 1.29 is 9.59 Å². The fraction of sp³-hybridized carbons (Fsp3) is 0.350. The van der Waals surface area contributed by atoms with E-state index in [1.807, 2.05) is 30.3 Å². The molecule has 6 heteroatoms. The van der Waals surface area contributed by atoms with Crippen LogP contribution in [-0.2, 0) is 0 Å². The Morgan fingerprint density at radius 2 is 2.04 bits per heavy atom. The number of urea groups is 1. The summed E-state index contributed by atoms with van der Waals surface area (Å²) in [6.45, 7) is 3.21. The summed E-state index contributed by atoms with van der Waals surface area (Å²) in [5, 5.41) is 2.93. The lowest BCUT2D eigenvalue weighted by Gasteiger charge is -2.31. The van der Waals surface area contributed by atoms with Gasteiger partial charge in [0, 0.05) is 35.8 Å². The zero-order chi connectivity index (χ0) is 18.4. The standard InChI is InChI=1S/C20H23N3O2S/c1-2-26-17-10-8-16(9-11-17)22-20(25)23-13-5-6-15(14-23)19(24)18-7-3-4-12-21-18/h3-4,7-12,15H,2,5-6,13-14H2,1H3,(H,22,25). The highest BCUT2D eigenvalue weighted by atomic mass is 32.2. The topological polar surface area (TPSA) is 62.3 Å². The molecule has 5 nitrogen and oxygen atoms in total. The minimum atomic E-state index is -0.187. The lowest BCUT2D eigenvalue weighted by Crippen LogP contribution is -2.44. The number of nitrogens with zero attached hydrogens (tertiary/aromatic N) is 2. The molecule has 1 aromatic carbocycles. The third-order valence-electron chi connectivity index (χ3n) is 4.41. The number of carbonyl (C=O) groups is 2. The van der Waals surface area contributed by atoms with Crippen molar-refractivity contribution in [2.45, 2.75) is 24.7 Å². The van der Waals surface area contributed by atoms with Gasteiger partial charge in [0.25, 0.3) is 0 Å². The van der Waals surface area contributed by atoms with Crippen molar-refractivity contribution in [2.75, 3.05) is 24.2 Å². The molecule has 0 saturated carbocycles. The first kappa shape index (κ1) is 18.5. The first-order chi connectivity index (χ1) is 12.7. The molecule has 1 N–H and O–H groups in total. The summed E-state index contributed by atoms with van der Waals surface area (Å²) in [5.41, 5.74) is 1.25. The van der Waals surface area contributed by atoms with Gasteiger partial charge >= 0.3 is 6.03 Å². The van der Waals surface area contributed by atoms with Crippen molar-refractivity contribution >= 4 is 29.3 Å². The Balaban J connectivity index is 1.60. The fourth-order valence-electron chi connectivity index (χ4n) is 3.10. The molecule has 136 valence electrons. The molecule has 1 aliphatic heterocycles. The Kier molecular flexibility index (Phi) is 6.28. The normalized spacial score (nSPS) is 17.0. The van der Waals surface area contributed by atoms with E-state index in [1.54, 1.807) is 35.0 Å². The number of ketones is 1. The number of anilines is 1. The second-order valence-electron chi connectivity index (χ2n) is 6.25. The number of benzene rings is 1. The molecule has 0 radical (unpaired) electrons. The summed E-state index contributed by atoms with van der Waals surface area (Å²) in [6, 6.07) is 13.0. The van der Waals surface area contributed by atoms with Gasteiger partial charge in [0.2, 0.25) is 0 Å². The van der Waals surface area contributed by atoms with Gasteiger partial charge in [-0.3, -0.25) is 9.78 Å². The number of hydrogen-bond donors (Lipinski definition) is 1. The number of amides is 2. The number of pyridine rings is 1. The van der Waals surface area contributed by atoms with Gasteiger partial charge in [-0.25, -0.2) is 4.79 Å². The molecule has 0 bridgehead atoms. The number of Topliss-reactive ketones (excluding diaryl/α,β-unsaturated/α-hetero) is 1. The zero-order valence-corrected chi connectivity index (χ0v) is 15.7. The molecule has 1 fully saturated rings. The van der Waals surface area contributed by atoms with E-state index in [4.69, 9.17) is 0 Å². The zero-order valence-electron chi connectivity index (χ0n) is 14.9. The number of hydrogen-bond acceptors (Lipinski definition) is 4. The van der Waals surface area contributed by atoms with Gasteiger partial charge in [-0.05, 0) is 55.0 Å². The molecule has 1 aliphatic rings. The van der Waals surface area contributed by atoms with Gasteiger partial charge in [-0.1, -0.05) is 13.0 Å². The molecule has 0 spiro atoms. The minimum absolute atomic E-state index is 0.0176. The maximum absolute atomic E-state index is 12.6. The van der Waals surface area contributed by atoms with Crippen LogP contribution in [0.2, 0.25) is 0 Å². The number of aromatic nitrogens is 1. The summed E-state index contributed by atoms with van der Waals surface area (Å²) >= 11 is 1.77. The van der Waals surface area contributed by atoms with Gasteiger partial charge in [-0.2, -0.15) is 0 Å². The summed E-state index contributed by atoms with van der Waals surface area (Å²) in [6.07, 6.45) is 3.24. The number of piperidine rings is 1. The van der Waals surface area contributed by atoms with E-state index in [2.05, 4.69) is 17.2 Å². The van der Waals surface area contributed by atoms with Crippen LogP contribution < -0.4 is 5.32 Å². The number of likely N-dealkylation sites (tertiary alicyclic amines) is 1. The van der Waals surface area contributed by atoms with E-state index in [0.29, 0.717) is 18.8 Å². The number of thioether (sulfide) groups is 1. The Labute approximate surface area is 158 Å². The van der Waals surface area contributed by atoms with Crippen molar-refractivity contribution in [3.63, 3.8) is 0 Å². The monoisotopic (exact) mass is 369 g/mol. The van der Waals surface area contributed by atoms with Gasteiger partial charge in [0.05, 0.1) is 0 Å². The van der Waals surface area contributed by atoms with E-state index in [9.17, 15) is 9.59 Å². The molecule has 3 rings (SSSR count). The van der Waals surface area contributed by atoms with E-state index in [1.165, 1.54) is 4.90 Å². The highest BCUT2D eigenvalue weighted by Gasteiger charge is 2.29. The summed E-state index contributed by atoms with van der Waals surface area (Å²) in [5.74, 6) is 0.849. The maximum Gasteiger partial charge on any atom is 0.321 e. The molecule has 1 aromatic heterocycles. The van der Waals surface area contributed by atoms with Gasteiger partial charge in [-0.15, -0.1) is 11.8 Å². The van der Waals surface area contributed by atoms with E-state index in [0.717, 1.165) is 24.3 Å². The largest absolute Gasteiger partial charge is 0.324 e. The molecule has 2 aromatic rings. The highest BCUT2D eigenvalue weighted by Crippen LogP contribution is 2.22. The molecule has 2 amide bonds. The van der Waals surface area contributed by atoms with Gasteiger partial charge < -0.3 is 10.2 Å². The Morgan fingerprint density at radius 1 is 1.23 bits per heavy atom. The molecular weight excluding hydrogens is 346 g/mol. The quantitative estimate of drug-likeness (QED) is 0.630. The van der Waals surface area contributed by atoms with Crippen molar-refractivity contribution in [1.29, 1.82) is 0 Å². The second kappa shape index (κ2) is 8.85. The first-order valence-corrected chi connectivity index (χ1v) is 9.90. The fourth-order valence-corrected chi connectivity index (χ4v) is 3.76. The smallest absolute Gasteiger partial charge is 0.321 e. The summed E-state index contributed by atoms with van der Waals surface area (Å²) < 4.78 is 0. The van der Waals surface area contributed by atoms with Gasteiger partial charge in [0.15, 0.2) is 5.78 Å². The first-order valence-electron chi connectivity index (χ1n) is 8.91. The summed E-state index contributed by atoms with van der Waals surface area (Å²) in [4.78, 5) is 32.2. The van der Waals surface area contributed by atoms with Crippen LogP contribution in [0.1, 0.15) is 30.3 Å². The van der Waals surface area contributed by atoms with Crippen LogP contribution >= 0.6 is 11.8 Å². The predicted molar refractivity (Wildman–Crippen MR) is 105 cm³/mol. The van der Waals surface area contributed by atoms with Crippen LogP contribution in [0.5, 0.6) is 0 Å². The van der Waals surface area contributed by atoms with Crippen LogP contribution in [0.4, 0.5) is 10.5 Å². The molecule has 26 heavy (non-hydrogen) atoms. The van der Waals surface area contributed by atoms with E-state index < -0.39 is 0 Å². The molecule has 1 unspecified atom stereocenters. The van der Waals surface area contributed by atoms with E-state index in [-0.39, 0.29) is 17.7 Å². The van der Waals surface area contributed by atoms with Crippen LogP contribution in [0.25, 0.3) is 0 Å². The number of rotatable bonds is 5. The minimum Gasteiger partial charge on any atom is -0.324 e. The molecular formula is C20H23N3O2S. The lowest BCUT2D eigenvalue weighted by molar-refractivity contribution is 0.0846. The number of nitrogens with one attached hydrogen (secondary N) is 1. The highest BCUT2D eigenvalue weighted by molar-refractivity contribution is 7.99. The average Bonchev–Trinajstić information content (AvgIpc) is 2.70. The average molecular weight is 369 g/mol. The van der Waals surface area contributed by atoms with Crippen molar-refractivity contribution in [3.05, 3.63) is 54.4 Å². The van der Waals surface area contributed by atoms with Crippen LogP contribution in [0, 0.1) is 5.92 Å². The molecule has 2 heterocycles. The molecule has 1 saturated heterocycles. The Hall–Kier alpha value is -2.34. The third kappa shape index (κ3) is 4.64. The van der Waals surface area contributed by atoms with Gasteiger partial charge in [0.1, 0.15) is 5.69 Å². The Morgan fingerprint density at radius 3 is 2.73 bits per heavy atom.